The highest BCUT2D eigenvalue weighted by Gasteiger charge is 2.86. The Kier molecular flexibility index (Phi) is 4.78. The van der Waals surface area contributed by atoms with Crippen molar-refractivity contribution in [2.45, 2.75) is 70.6 Å². The lowest BCUT2D eigenvalue weighted by atomic mass is 9.35. The highest BCUT2D eigenvalue weighted by Crippen LogP contribution is 2.76. The Morgan fingerprint density at radius 2 is 1.91 bits per heavy atom. The summed E-state index contributed by atoms with van der Waals surface area (Å²) in [5, 5.41) is 35.1. The number of hydrogen-bond donors (Lipinski definition) is 3. The Morgan fingerprint density at radius 3 is 2.55 bits per heavy atom. The molecule has 3 N–H and O–H groups in total. The van der Waals surface area contributed by atoms with Crippen molar-refractivity contribution in [3.05, 3.63) is 12.2 Å². The molecule has 0 unspecified atom stereocenters. The number of aliphatic hydroxyl groups is 3. The van der Waals surface area contributed by atoms with Gasteiger partial charge in [0, 0.05) is 36.5 Å². The SMILES string of the molecule is C=C1C(=O)[C@]23C[C@H]1C[C@@H](OC(C)=O)[C@H]2[C@@]12CO[C@@]3(O)[C@@H](O)[C@@H]1[C@](C)(COC(C)=O)CC[C@@H]2O. The van der Waals surface area contributed by atoms with Gasteiger partial charge in [0.15, 0.2) is 5.78 Å². The predicted octanol–water partition coefficient (Wildman–Crippen LogP) is 0.490. The number of Topliss-reactive ketones (excluding diaryl/α,β-unsaturated/α-hetero) is 1. The second-order valence-electron chi connectivity index (χ2n) is 11.1. The molecular weight excluding hydrogens is 432 g/mol. The van der Waals surface area contributed by atoms with Crippen LogP contribution in [-0.2, 0) is 28.6 Å². The van der Waals surface area contributed by atoms with Crippen molar-refractivity contribution >= 4 is 17.7 Å². The fourth-order valence-electron chi connectivity index (χ4n) is 8.44. The zero-order valence-electron chi connectivity index (χ0n) is 19.2. The average Bonchev–Trinajstić information content (AvgIpc) is 2.93. The van der Waals surface area contributed by atoms with E-state index in [1.165, 1.54) is 13.8 Å². The standard InChI is InChI=1S/C24H32O9/c1-11-14-7-15(33-13(3)26)17-22-10-32-24(30,23(17,8-14)19(11)28)20(29)18(22)21(4,6-5-16(22)27)9-31-12(2)25/h14-18,20,27,29-30H,1,5-10H2,2-4H3/t14-,15-,16+,17+,18-,20+,21+,22+,23+,24+/m1/s1. The van der Waals surface area contributed by atoms with Gasteiger partial charge in [0.1, 0.15) is 12.2 Å². The van der Waals surface area contributed by atoms with Crippen LogP contribution in [0.15, 0.2) is 12.2 Å². The van der Waals surface area contributed by atoms with Gasteiger partial charge in [-0.2, -0.15) is 0 Å². The lowest BCUT2D eigenvalue weighted by Gasteiger charge is -2.74. The van der Waals surface area contributed by atoms with E-state index in [1.807, 2.05) is 6.92 Å². The second kappa shape index (κ2) is 6.87. The van der Waals surface area contributed by atoms with Crippen molar-refractivity contribution in [3.8, 4) is 0 Å². The summed E-state index contributed by atoms with van der Waals surface area (Å²) in [6, 6.07) is 0. The van der Waals surface area contributed by atoms with Crippen molar-refractivity contribution in [1.82, 2.24) is 0 Å². The van der Waals surface area contributed by atoms with Crippen molar-refractivity contribution in [2.75, 3.05) is 13.2 Å². The highest BCUT2D eigenvalue weighted by molar-refractivity contribution is 6.04. The third kappa shape index (κ3) is 2.54. The van der Waals surface area contributed by atoms with Gasteiger partial charge < -0.3 is 29.5 Å². The van der Waals surface area contributed by atoms with Gasteiger partial charge in [0.25, 0.3) is 0 Å². The Balaban J connectivity index is 1.73. The molecule has 0 aromatic rings. The summed E-state index contributed by atoms with van der Waals surface area (Å²) >= 11 is 0. The van der Waals surface area contributed by atoms with Gasteiger partial charge in [-0.1, -0.05) is 13.5 Å². The molecule has 2 saturated heterocycles. The quantitative estimate of drug-likeness (QED) is 0.402. The molecule has 6 aliphatic rings. The number of rotatable bonds is 3. The fraction of sp³-hybridized carbons (Fsp3) is 0.792. The van der Waals surface area contributed by atoms with Crippen LogP contribution in [0.3, 0.4) is 0 Å². The molecular formula is C24H32O9. The van der Waals surface area contributed by atoms with Gasteiger partial charge in [-0.15, -0.1) is 0 Å². The molecule has 2 heterocycles. The van der Waals surface area contributed by atoms with Crippen LogP contribution in [0.4, 0.5) is 0 Å². The molecule has 4 bridgehead atoms. The van der Waals surface area contributed by atoms with Crippen molar-refractivity contribution < 1.29 is 43.9 Å². The number of allylic oxidation sites excluding steroid dienone is 1. The van der Waals surface area contributed by atoms with E-state index in [1.54, 1.807) is 0 Å². The third-order valence-electron chi connectivity index (χ3n) is 9.52. The number of carbonyl (C=O) groups is 3. The molecule has 2 spiro atoms. The number of ketones is 1. The fourth-order valence-corrected chi connectivity index (χ4v) is 8.44. The molecule has 182 valence electrons. The van der Waals surface area contributed by atoms with Crippen molar-refractivity contribution in [3.63, 3.8) is 0 Å². The van der Waals surface area contributed by atoms with Crippen molar-refractivity contribution in [2.24, 2.45) is 34.0 Å². The highest BCUT2D eigenvalue weighted by atomic mass is 16.6. The monoisotopic (exact) mass is 464 g/mol. The van der Waals surface area contributed by atoms with E-state index in [9.17, 15) is 29.7 Å². The van der Waals surface area contributed by atoms with Crippen LogP contribution in [0.1, 0.15) is 46.5 Å². The van der Waals surface area contributed by atoms with Gasteiger partial charge in [-0.05, 0) is 37.2 Å². The average molecular weight is 465 g/mol. The number of carbonyl (C=O) groups excluding carboxylic acids is 3. The Bertz CT molecular complexity index is 946. The van der Waals surface area contributed by atoms with E-state index in [2.05, 4.69) is 6.58 Å². The Hall–Kier alpha value is -1.81. The molecule has 6 fully saturated rings. The summed E-state index contributed by atoms with van der Waals surface area (Å²) in [4.78, 5) is 37.4. The third-order valence-corrected chi connectivity index (χ3v) is 9.52. The summed E-state index contributed by atoms with van der Waals surface area (Å²) in [7, 11) is 0. The number of esters is 2. The van der Waals surface area contributed by atoms with E-state index in [0.717, 1.165) is 0 Å². The van der Waals surface area contributed by atoms with Crippen molar-refractivity contribution in [1.29, 1.82) is 0 Å². The molecule has 10 atom stereocenters. The Labute approximate surface area is 192 Å². The van der Waals surface area contributed by atoms with Gasteiger partial charge >= 0.3 is 11.9 Å². The van der Waals surface area contributed by atoms with Crippen LogP contribution < -0.4 is 0 Å². The minimum atomic E-state index is -2.24. The maximum Gasteiger partial charge on any atom is 0.302 e. The van der Waals surface area contributed by atoms with Crippen LogP contribution in [-0.4, -0.2) is 70.4 Å². The van der Waals surface area contributed by atoms with Gasteiger partial charge in [0.2, 0.25) is 5.79 Å². The maximum absolute atomic E-state index is 13.7. The zero-order valence-corrected chi connectivity index (χ0v) is 19.2. The van der Waals surface area contributed by atoms with E-state index in [4.69, 9.17) is 14.2 Å². The van der Waals surface area contributed by atoms with E-state index < -0.39 is 69.9 Å². The van der Waals surface area contributed by atoms with Crippen LogP contribution in [0, 0.1) is 34.0 Å². The number of fused-ring (bicyclic) bond motifs is 2. The van der Waals surface area contributed by atoms with Crippen LogP contribution in [0.2, 0.25) is 0 Å². The predicted molar refractivity (Wildman–Crippen MR) is 111 cm³/mol. The van der Waals surface area contributed by atoms with Crippen LogP contribution >= 0.6 is 0 Å². The van der Waals surface area contributed by atoms with E-state index in [0.29, 0.717) is 24.8 Å². The normalized spacial score (nSPS) is 52.2. The first-order valence-electron chi connectivity index (χ1n) is 11.6. The van der Waals surface area contributed by atoms with Gasteiger partial charge in [0.05, 0.1) is 24.7 Å². The molecule has 4 saturated carbocycles. The molecule has 9 nitrogen and oxygen atoms in total. The van der Waals surface area contributed by atoms with Gasteiger partial charge in [-0.3, -0.25) is 14.4 Å². The first kappa shape index (κ1) is 23.0. The number of aliphatic hydroxyl groups excluding tert-OH is 2. The molecule has 9 heteroatoms. The minimum absolute atomic E-state index is 0.0180. The molecule has 6 rings (SSSR count). The molecule has 33 heavy (non-hydrogen) atoms. The summed E-state index contributed by atoms with van der Waals surface area (Å²) in [5.74, 6) is -5.50. The second-order valence-corrected chi connectivity index (χ2v) is 11.1. The van der Waals surface area contributed by atoms with Gasteiger partial charge in [-0.25, -0.2) is 0 Å². The summed E-state index contributed by atoms with van der Waals surface area (Å²) in [5.41, 5.74) is -3.25. The molecule has 0 amide bonds. The molecule has 2 aliphatic heterocycles. The Morgan fingerprint density at radius 1 is 1.21 bits per heavy atom. The number of hydrogen-bond acceptors (Lipinski definition) is 9. The van der Waals surface area contributed by atoms with Crippen LogP contribution in [0.25, 0.3) is 0 Å². The maximum atomic E-state index is 13.7. The van der Waals surface area contributed by atoms with E-state index in [-0.39, 0.29) is 25.6 Å². The smallest absolute Gasteiger partial charge is 0.302 e. The summed E-state index contributed by atoms with van der Waals surface area (Å²) < 4.78 is 17.0. The topological polar surface area (TPSA) is 140 Å². The van der Waals surface area contributed by atoms with E-state index >= 15 is 0 Å². The molecule has 0 aromatic carbocycles. The minimum Gasteiger partial charge on any atom is -0.465 e. The lowest BCUT2D eigenvalue weighted by molar-refractivity contribution is -0.457. The van der Waals surface area contributed by atoms with Crippen LogP contribution in [0.5, 0.6) is 0 Å². The molecule has 4 aliphatic carbocycles. The first-order valence-corrected chi connectivity index (χ1v) is 11.6. The summed E-state index contributed by atoms with van der Waals surface area (Å²) in [6.45, 7) is 8.27. The first-order chi connectivity index (χ1) is 15.3. The largest absolute Gasteiger partial charge is 0.465 e. The zero-order chi connectivity index (χ0) is 24.1. The number of ether oxygens (including phenoxy) is 3. The molecule has 0 radical (unpaired) electrons. The molecule has 0 aromatic heterocycles. The summed E-state index contributed by atoms with van der Waals surface area (Å²) in [6.07, 6.45) is -1.95. The lowest BCUT2D eigenvalue weighted by Crippen LogP contribution is -2.85.